The summed E-state index contributed by atoms with van der Waals surface area (Å²) in [7, 11) is -2.04. The van der Waals surface area contributed by atoms with Crippen LogP contribution in [0.4, 0.5) is 0 Å². The average molecular weight is 518 g/mol. The number of hydrogen-bond acceptors (Lipinski definition) is 6. The molecule has 3 aromatic heterocycles. The van der Waals surface area contributed by atoms with E-state index in [9.17, 15) is 13.2 Å². The lowest BCUT2D eigenvalue weighted by Gasteiger charge is -2.12. The van der Waals surface area contributed by atoms with Crippen molar-refractivity contribution in [3.8, 4) is 17.0 Å². The van der Waals surface area contributed by atoms with Gasteiger partial charge in [0.2, 0.25) is 0 Å². The highest BCUT2D eigenvalue weighted by Gasteiger charge is 2.26. The molecule has 2 aromatic carbocycles. The number of benzene rings is 2. The van der Waals surface area contributed by atoms with Crippen molar-refractivity contribution in [1.29, 1.82) is 0 Å². The number of carbonyl (C=O) groups excluding carboxylic acids is 1. The van der Waals surface area contributed by atoms with Crippen molar-refractivity contribution in [3.63, 3.8) is 0 Å². The molecule has 0 spiro atoms. The fraction of sp³-hybridized carbons (Fsp3) is 0.214. The molecule has 0 N–H and O–H groups in total. The molecule has 0 radical (unpaired) electrons. The third kappa shape index (κ3) is 4.58. The summed E-state index contributed by atoms with van der Waals surface area (Å²) in [5.74, 6) is 0.258. The third-order valence-electron chi connectivity index (χ3n) is 6.20. The van der Waals surface area contributed by atoms with Crippen molar-refractivity contribution in [2.45, 2.75) is 25.2 Å². The van der Waals surface area contributed by atoms with Gasteiger partial charge in [0.15, 0.2) is 5.65 Å². The molecule has 5 rings (SSSR count). The van der Waals surface area contributed by atoms with Gasteiger partial charge in [-0.1, -0.05) is 17.7 Å². The van der Waals surface area contributed by atoms with Crippen LogP contribution in [0.25, 0.3) is 33.2 Å². The van der Waals surface area contributed by atoms with Crippen molar-refractivity contribution in [1.82, 2.24) is 13.5 Å². The summed E-state index contributed by atoms with van der Waals surface area (Å²) in [6, 6.07) is 17.9. The molecule has 8 nitrogen and oxygen atoms in total. The zero-order valence-corrected chi connectivity index (χ0v) is 21.7. The van der Waals surface area contributed by atoms with E-state index in [2.05, 4.69) is 4.98 Å². The molecule has 37 heavy (non-hydrogen) atoms. The fourth-order valence-electron chi connectivity index (χ4n) is 4.41. The lowest BCUT2D eigenvalue weighted by molar-refractivity contribution is -0.143. The summed E-state index contributed by atoms with van der Waals surface area (Å²) in [6.07, 6.45) is 3.64. The summed E-state index contributed by atoms with van der Waals surface area (Å²) in [5, 5.41) is 1.53. The molecule has 0 fully saturated rings. The van der Waals surface area contributed by atoms with E-state index in [-0.39, 0.29) is 23.9 Å². The predicted octanol–water partition coefficient (Wildman–Crippen LogP) is 5.07. The maximum atomic E-state index is 13.9. The van der Waals surface area contributed by atoms with Gasteiger partial charge in [0.05, 0.1) is 30.2 Å². The molecular weight excluding hydrogens is 490 g/mol. The normalized spacial score (nSPS) is 11.8. The Balaban J connectivity index is 1.64. The number of rotatable bonds is 8. The van der Waals surface area contributed by atoms with Crippen molar-refractivity contribution >= 4 is 37.9 Å². The molecule has 0 aliphatic carbocycles. The van der Waals surface area contributed by atoms with Crippen LogP contribution in [0.15, 0.2) is 78.0 Å². The maximum Gasteiger partial charge on any atom is 0.309 e. The van der Waals surface area contributed by atoms with Crippen LogP contribution < -0.4 is 4.74 Å². The molecule has 0 saturated carbocycles. The van der Waals surface area contributed by atoms with E-state index < -0.39 is 10.0 Å². The first-order valence-electron chi connectivity index (χ1n) is 12.0. The number of hydrogen-bond donors (Lipinski definition) is 0. The number of ether oxygens (including phenoxy) is 2. The van der Waals surface area contributed by atoms with Crippen LogP contribution >= 0.6 is 0 Å². The zero-order chi connectivity index (χ0) is 26.2. The lowest BCUT2D eigenvalue weighted by Crippen LogP contribution is -2.14. The third-order valence-corrected chi connectivity index (χ3v) is 7.91. The molecule has 3 heterocycles. The van der Waals surface area contributed by atoms with Crippen molar-refractivity contribution in [3.05, 3.63) is 78.6 Å². The number of carbonyl (C=O) groups is 1. The monoisotopic (exact) mass is 517 g/mol. The van der Waals surface area contributed by atoms with Gasteiger partial charge in [-0.15, -0.1) is 0 Å². The first-order chi connectivity index (χ1) is 17.8. The minimum absolute atomic E-state index is 0.141. The topological polar surface area (TPSA) is 92.4 Å². The van der Waals surface area contributed by atoms with E-state index in [0.717, 1.165) is 22.0 Å². The molecular formula is C28H27N3O5S. The Labute approximate surface area is 215 Å². The van der Waals surface area contributed by atoms with Crippen LogP contribution in [-0.4, -0.2) is 41.1 Å². The first kappa shape index (κ1) is 24.6. The Kier molecular flexibility index (Phi) is 6.47. The van der Waals surface area contributed by atoms with Crippen molar-refractivity contribution in [2.75, 3.05) is 13.2 Å². The van der Waals surface area contributed by atoms with E-state index >= 15 is 0 Å². The zero-order valence-electron chi connectivity index (χ0n) is 20.8. The van der Waals surface area contributed by atoms with Gasteiger partial charge in [-0.05, 0) is 62.4 Å². The second kappa shape index (κ2) is 9.74. The predicted molar refractivity (Wildman–Crippen MR) is 142 cm³/mol. The highest BCUT2D eigenvalue weighted by Crippen LogP contribution is 2.37. The highest BCUT2D eigenvalue weighted by molar-refractivity contribution is 7.90. The molecule has 0 unspecified atom stereocenters. The number of pyridine rings is 1. The van der Waals surface area contributed by atoms with E-state index in [1.165, 1.54) is 3.97 Å². The van der Waals surface area contributed by atoms with Gasteiger partial charge in [0.25, 0.3) is 10.0 Å². The smallest absolute Gasteiger partial charge is 0.309 e. The summed E-state index contributed by atoms with van der Waals surface area (Å²) in [4.78, 5) is 16.3. The first-order valence-corrected chi connectivity index (χ1v) is 13.4. The lowest BCUT2D eigenvalue weighted by atomic mass is 10.1. The molecule has 0 atom stereocenters. The molecule has 0 bridgehead atoms. The number of esters is 1. The van der Waals surface area contributed by atoms with Crippen molar-refractivity contribution in [2.24, 2.45) is 7.05 Å². The second-order valence-electron chi connectivity index (χ2n) is 8.76. The molecule has 0 aliphatic heterocycles. The van der Waals surface area contributed by atoms with Crippen molar-refractivity contribution < 1.29 is 22.7 Å². The van der Waals surface area contributed by atoms with E-state index in [1.54, 1.807) is 43.5 Å². The van der Waals surface area contributed by atoms with Crippen LogP contribution in [0.5, 0.6) is 5.75 Å². The van der Waals surface area contributed by atoms with Crippen LogP contribution in [-0.2, 0) is 26.6 Å². The average Bonchev–Trinajstić information content (AvgIpc) is 3.42. The van der Waals surface area contributed by atoms with Crippen LogP contribution in [0, 0.1) is 6.92 Å². The molecule has 9 heteroatoms. The van der Waals surface area contributed by atoms with Gasteiger partial charge in [-0.3, -0.25) is 4.79 Å². The number of nitrogens with zero attached hydrogens (tertiary/aromatic N) is 3. The Hall–Kier alpha value is -4.11. The molecule has 0 aliphatic rings. The Morgan fingerprint density at radius 3 is 2.59 bits per heavy atom. The SMILES string of the molecule is CCOC(=O)CCOc1ccc2c(c1)c(-c1cc3cccnc3n1S(=O)(=O)c1ccc(C)cc1)cn2C. The summed E-state index contributed by atoms with van der Waals surface area (Å²) < 4.78 is 41.9. The highest BCUT2D eigenvalue weighted by atomic mass is 32.2. The number of fused-ring (bicyclic) bond motifs is 2. The minimum atomic E-state index is -3.95. The maximum absolute atomic E-state index is 13.9. The van der Waals surface area contributed by atoms with E-state index in [4.69, 9.17) is 9.47 Å². The molecule has 0 saturated heterocycles. The Bertz CT molecular complexity index is 1720. The second-order valence-corrected chi connectivity index (χ2v) is 10.6. The summed E-state index contributed by atoms with van der Waals surface area (Å²) in [5.41, 5.74) is 3.46. The van der Waals surface area contributed by atoms with Gasteiger partial charge < -0.3 is 14.0 Å². The van der Waals surface area contributed by atoms with Crippen LogP contribution in [0.2, 0.25) is 0 Å². The quantitative estimate of drug-likeness (QED) is 0.267. The van der Waals surface area contributed by atoms with Gasteiger partial charge in [0, 0.05) is 41.3 Å². The minimum Gasteiger partial charge on any atom is -0.493 e. The Morgan fingerprint density at radius 1 is 1.05 bits per heavy atom. The molecule has 5 aromatic rings. The number of aryl methyl sites for hydroxylation is 2. The van der Waals surface area contributed by atoms with Crippen LogP contribution in [0.3, 0.4) is 0 Å². The fourth-order valence-corrected chi connectivity index (χ4v) is 5.89. The molecule has 0 amide bonds. The van der Waals surface area contributed by atoms with E-state index in [1.807, 2.05) is 55.1 Å². The summed E-state index contributed by atoms with van der Waals surface area (Å²) >= 11 is 0. The van der Waals surface area contributed by atoms with Gasteiger partial charge >= 0.3 is 5.97 Å². The van der Waals surface area contributed by atoms with Gasteiger partial charge in [0.1, 0.15) is 5.75 Å². The van der Waals surface area contributed by atoms with E-state index in [0.29, 0.717) is 29.1 Å². The summed E-state index contributed by atoms with van der Waals surface area (Å²) in [6.45, 7) is 4.18. The van der Waals surface area contributed by atoms with Crippen LogP contribution in [0.1, 0.15) is 18.9 Å². The Morgan fingerprint density at radius 2 is 1.84 bits per heavy atom. The number of aromatic nitrogens is 3. The standard InChI is InChI=1S/C28H27N3O5S/c1-4-35-27(32)13-15-36-21-9-12-25-23(17-21)24(18-30(25)3)26-16-20-6-5-14-29-28(20)31(26)37(33,34)22-10-7-19(2)8-11-22/h5-12,14,16-18H,4,13,15H2,1-3H3. The largest absolute Gasteiger partial charge is 0.493 e. The van der Waals surface area contributed by atoms with Gasteiger partial charge in [-0.2, -0.15) is 0 Å². The van der Waals surface area contributed by atoms with Gasteiger partial charge in [-0.25, -0.2) is 17.4 Å². The molecule has 190 valence electrons.